The Kier molecular flexibility index (Phi) is 4.10. The molecule has 0 spiro atoms. The molecular weight excluding hydrogens is 344 g/mol. The van der Waals surface area contributed by atoms with Crippen molar-refractivity contribution in [3.05, 3.63) is 94.4 Å². The highest BCUT2D eigenvalue weighted by atomic mass is 16.6. The zero-order valence-corrected chi connectivity index (χ0v) is 14.1. The van der Waals surface area contributed by atoms with E-state index in [1.54, 1.807) is 29.2 Å². The highest BCUT2D eigenvalue weighted by Gasteiger charge is 2.14. The van der Waals surface area contributed by atoms with Gasteiger partial charge in [0.25, 0.3) is 5.69 Å². The largest absolute Gasteiger partial charge is 0.360 e. The maximum Gasteiger partial charge on any atom is 0.270 e. The fourth-order valence-corrected chi connectivity index (χ4v) is 2.83. The lowest BCUT2D eigenvalue weighted by molar-refractivity contribution is -0.384. The first-order valence-electron chi connectivity index (χ1n) is 8.20. The summed E-state index contributed by atoms with van der Waals surface area (Å²) in [6.45, 7) is 0. The van der Waals surface area contributed by atoms with Gasteiger partial charge in [-0.2, -0.15) is 5.10 Å². The fourth-order valence-electron chi connectivity index (χ4n) is 2.83. The summed E-state index contributed by atoms with van der Waals surface area (Å²) >= 11 is 0. The SMILES string of the molecule is O=C(/C=C/c1cnn(-c2ccccc2)c1)c1c[nH]c2ccc([N+](=O)[O-])cc12. The van der Waals surface area contributed by atoms with Crippen LogP contribution in [0.15, 0.2) is 73.2 Å². The number of H-pyrrole nitrogens is 1. The normalized spacial score (nSPS) is 11.3. The van der Waals surface area contributed by atoms with Crippen molar-refractivity contribution in [1.82, 2.24) is 14.8 Å². The molecule has 2 aromatic carbocycles. The van der Waals surface area contributed by atoms with Crippen LogP contribution in [0.4, 0.5) is 5.69 Å². The lowest BCUT2D eigenvalue weighted by Crippen LogP contribution is -1.93. The summed E-state index contributed by atoms with van der Waals surface area (Å²) in [6.07, 6.45) is 8.16. The van der Waals surface area contributed by atoms with E-state index in [0.717, 1.165) is 11.3 Å². The second-order valence-electron chi connectivity index (χ2n) is 5.94. The average Bonchev–Trinajstić information content (AvgIpc) is 3.33. The maximum atomic E-state index is 12.5. The van der Waals surface area contributed by atoms with Crippen LogP contribution in [0.2, 0.25) is 0 Å². The van der Waals surface area contributed by atoms with E-state index in [2.05, 4.69) is 10.1 Å². The molecule has 7 nitrogen and oxygen atoms in total. The van der Waals surface area contributed by atoms with Crippen LogP contribution in [0.5, 0.6) is 0 Å². The molecule has 27 heavy (non-hydrogen) atoms. The quantitative estimate of drug-likeness (QED) is 0.251. The first-order valence-corrected chi connectivity index (χ1v) is 8.20. The zero-order chi connectivity index (χ0) is 18.8. The summed E-state index contributed by atoms with van der Waals surface area (Å²) in [5.41, 5.74) is 2.71. The van der Waals surface area contributed by atoms with Gasteiger partial charge in [-0.3, -0.25) is 14.9 Å². The van der Waals surface area contributed by atoms with Crippen LogP contribution < -0.4 is 0 Å². The van der Waals surface area contributed by atoms with Gasteiger partial charge in [-0.1, -0.05) is 18.2 Å². The zero-order valence-electron chi connectivity index (χ0n) is 14.1. The van der Waals surface area contributed by atoms with E-state index in [1.165, 1.54) is 18.2 Å². The Morgan fingerprint density at radius 2 is 2.00 bits per heavy atom. The van der Waals surface area contributed by atoms with Gasteiger partial charge in [0.05, 0.1) is 16.8 Å². The first kappa shape index (κ1) is 16.5. The maximum absolute atomic E-state index is 12.5. The van der Waals surface area contributed by atoms with Crippen LogP contribution in [0.3, 0.4) is 0 Å². The lowest BCUT2D eigenvalue weighted by atomic mass is 10.1. The van der Waals surface area contributed by atoms with Crippen molar-refractivity contribution in [2.75, 3.05) is 0 Å². The van der Waals surface area contributed by atoms with E-state index in [-0.39, 0.29) is 11.5 Å². The summed E-state index contributed by atoms with van der Waals surface area (Å²) < 4.78 is 1.72. The first-order chi connectivity index (χ1) is 13.1. The highest BCUT2D eigenvalue weighted by molar-refractivity contribution is 6.14. The van der Waals surface area contributed by atoms with Crippen LogP contribution in [0, 0.1) is 10.1 Å². The van der Waals surface area contributed by atoms with Gasteiger partial charge < -0.3 is 4.98 Å². The number of fused-ring (bicyclic) bond motifs is 1. The number of carbonyl (C=O) groups excluding carboxylic acids is 1. The van der Waals surface area contributed by atoms with Crippen LogP contribution >= 0.6 is 0 Å². The average molecular weight is 358 g/mol. The van der Waals surface area contributed by atoms with Gasteiger partial charge in [0.1, 0.15) is 0 Å². The number of aromatic amines is 1. The molecule has 0 atom stereocenters. The molecule has 132 valence electrons. The Balaban J connectivity index is 1.59. The standard InChI is InChI=1S/C20H14N4O3/c25-20(18-12-21-19-8-7-16(24(26)27)10-17(18)19)9-6-14-11-22-23(13-14)15-4-2-1-3-5-15/h1-13,21H/b9-6+. The van der Waals surface area contributed by atoms with Crippen molar-refractivity contribution < 1.29 is 9.72 Å². The van der Waals surface area contributed by atoms with E-state index < -0.39 is 4.92 Å². The molecule has 4 rings (SSSR count). The number of carbonyl (C=O) groups is 1. The van der Waals surface area contributed by atoms with Crippen molar-refractivity contribution in [3.8, 4) is 5.69 Å². The number of nitrogens with zero attached hydrogens (tertiary/aromatic N) is 3. The van der Waals surface area contributed by atoms with Crippen LogP contribution in [-0.4, -0.2) is 25.5 Å². The van der Waals surface area contributed by atoms with E-state index in [9.17, 15) is 14.9 Å². The molecule has 0 fully saturated rings. The number of hydrogen-bond acceptors (Lipinski definition) is 4. The fraction of sp³-hybridized carbons (Fsp3) is 0. The monoisotopic (exact) mass is 358 g/mol. The summed E-state index contributed by atoms with van der Waals surface area (Å²) in [4.78, 5) is 26.0. The third-order valence-electron chi connectivity index (χ3n) is 4.19. The third kappa shape index (κ3) is 3.25. The summed E-state index contributed by atoms with van der Waals surface area (Å²) in [5.74, 6) is -0.241. The minimum Gasteiger partial charge on any atom is -0.360 e. The number of ketones is 1. The number of benzene rings is 2. The number of rotatable bonds is 5. The molecule has 2 heterocycles. The Hall–Kier alpha value is -4.00. The number of hydrogen-bond donors (Lipinski definition) is 1. The molecule has 0 bridgehead atoms. The Morgan fingerprint density at radius 3 is 2.78 bits per heavy atom. The number of allylic oxidation sites excluding steroid dienone is 1. The number of nitro benzene ring substituents is 1. The minimum atomic E-state index is -0.478. The number of para-hydroxylation sites is 1. The molecule has 0 aliphatic heterocycles. The predicted molar refractivity (Wildman–Crippen MR) is 102 cm³/mol. The van der Waals surface area contributed by atoms with E-state index >= 15 is 0 Å². The third-order valence-corrected chi connectivity index (χ3v) is 4.19. The lowest BCUT2D eigenvalue weighted by Gasteiger charge is -1.98. The number of non-ortho nitro benzene ring substituents is 1. The van der Waals surface area contributed by atoms with Crippen LogP contribution in [-0.2, 0) is 0 Å². The van der Waals surface area contributed by atoms with Crippen molar-refractivity contribution in [2.45, 2.75) is 0 Å². The van der Waals surface area contributed by atoms with Crippen molar-refractivity contribution in [1.29, 1.82) is 0 Å². The van der Waals surface area contributed by atoms with Gasteiger partial charge in [0.2, 0.25) is 0 Å². The topological polar surface area (TPSA) is 93.8 Å². The molecule has 0 amide bonds. The van der Waals surface area contributed by atoms with Gasteiger partial charge in [-0.05, 0) is 30.4 Å². The minimum absolute atomic E-state index is 0.0516. The molecule has 0 aliphatic rings. The molecule has 0 saturated heterocycles. The van der Waals surface area contributed by atoms with E-state index in [1.807, 2.05) is 36.5 Å². The van der Waals surface area contributed by atoms with Gasteiger partial charge in [-0.25, -0.2) is 4.68 Å². The summed E-state index contributed by atoms with van der Waals surface area (Å²) in [5, 5.41) is 15.8. The number of nitro groups is 1. The molecule has 7 heteroatoms. The smallest absolute Gasteiger partial charge is 0.270 e. The molecular formula is C20H14N4O3. The van der Waals surface area contributed by atoms with Crippen LogP contribution in [0.25, 0.3) is 22.7 Å². The second-order valence-corrected chi connectivity index (χ2v) is 5.94. The molecule has 0 unspecified atom stereocenters. The molecule has 0 saturated carbocycles. The molecule has 1 N–H and O–H groups in total. The van der Waals surface area contributed by atoms with Crippen molar-refractivity contribution >= 4 is 28.4 Å². The molecule has 4 aromatic rings. The van der Waals surface area contributed by atoms with Crippen molar-refractivity contribution in [2.24, 2.45) is 0 Å². The van der Waals surface area contributed by atoms with E-state index in [0.29, 0.717) is 16.5 Å². The van der Waals surface area contributed by atoms with Crippen molar-refractivity contribution in [3.63, 3.8) is 0 Å². The molecule has 0 radical (unpaired) electrons. The summed E-state index contributed by atoms with van der Waals surface area (Å²) in [7, 11) is 0. The van der Waals surface area contributed by atoms with E-state index in [4.69, 9.17) is 0 Å². The Bertz CT molecular complexity index is 1170. The number of nitrogens with one attached hydrogen (secondary N) is 1. The van der Waals surface area contributed by atoms with Gasteiger partial charge in [0.15, 0.2) is 5.78 Å². The van der Waals surface area contributed by atoms with Gasteiger partial charge in [0, 0.05) is 46.6 Å². The number of aromatic nitrogens is 3. The predicted octanol–water partition coefficient (Wildman–Crippen LogP) is 4.16. The Labute approximate surface area is 153 Å². The van der Waals surface area contributed by atoms with Gasteiger partial charge in [-0.15, -0.1) is 0 Å². The second kappa shape index (κ2) is 6.72. The highest BCUT2D eigenvalue weighted by Crippen LogP contribution is 2.24. The Morgan fingerprint density at radius 1 is 1.19 bits per heavy atom. The molecule has 2 aromatic heterocycles. The van der Waals surface area contributed by atoms with Gasteiger partial charge >= 0.3 is 0 Å². The molecule has 0 aliphatic carbocycles. The summed E-state index contributed by atoms with van der Waals surface area (Å²) in [6, 6.07) is 14.0. The van der Waals surface area contributed by atoms with Crippen LogP contribution in [0.1, 0.15) is 15.9 Å².